The van der Waals surface area contributed by atoms with Crippen molar-refractivity contribution in [3.63, 3.8) is 0 Å². The van der Waals surface area contributed by atoms with Crippen molar-refractivity contribution < 1.29 is 9.59 Å². The highest BCUT2D eigenvalue weighted by atomic mass is 16.2. The highest BCUT2D eigenvalue weighted by molar-refractivity contribution is 6.07. The molecule has 1 N–H and O–H groups in total. The zero-order valence-corrected chi connectivity index (χ0v) is 9.29. The van der Waals surface area contributed by atoms with Crippen LogP contribution in [-0.2, 0) is 4.79 Å². The summed E-state index contributed by atoms with van der Waals surface area (Å²) in [5.74, 6) is 2.39. The highest BCUT2D eigenvalue weighted by Crippen LogP contribution is 2.36. The maximum atomic E-state index is 11.9. The van der Waals surface area contributed by atoms with E-state index in [-0.39, 0.29) is 11.9 Å². The molecule has 2 aliphatic rings. The molecule has 0 aromatic rings. The number of carbonyl (C=O) groups is 2. The molecular weight excluding hydrogens is 204 g/mol. The van der Waals surface area contributed by atoms with Gasteiger partial charge in [-0.05, 0) is 12.8 Å². The molecule has 1 saturated heterocycles. The maximum Gasteiger partial charge on any atom is 0.325 e. The number of rotatable bonds is 2. The quantitative estimate of drug-likeness (QED) is 0.562. The molecule has 0 atom stereocenters. The lowest BCUT2D eigenvalue weighted by Gasteiger charge is -2.37. The molecule has 0 aromatic heterocycles. The monoisotopic (exact) mass is 220 g/mol. The fourth-order valence-corrected chi connectivity index (χ4v) is 2.72. The summed E-state index contributed by atoms with van der Waals surface area (Å²) in [4.78, 5) is 25.2. The number of nitrogens with one attached hydrogen (secondary N) is 1. The lowest BCUT2D eigenvalue weighted by molar-refractivity contribution is -0.128. The number of terminal acetylenes is 1. The third-order valence-electron chi connectivity index (χ3n) is 3.57. The summed E-state index contributed by atoms with van der Waals surface area (Å²) < 4.78 is 0. The van der Waals surface area contributed by atoms with E-state index >= 15 is 0 Å². The molecule has 1 aliphatic heterocycles. The number of hydrogen-bond acceptors (Lipinski definition) is 2. The smallest absolute Gasteiger partial charge is 0.309 e. The fraction of sp³-hybridized carbons (Fsp3) is 0.667. The van der Waals surface area contributed by atoms with Crippen LogP contribution in [-0.4, -0.2) is 28.9 Å². The molecule has 0 bridgehead atoms. The molecule has 1 heterocycles. The van der Waals surface area contributed by atoms with Gasteiger partial charge in [0.25, 0.3) is 5.91 Å². The summed E-state index contributed by atoms with van der Waals surface area (Å²) in [5.41, 5.74) is -0.591. The van der Waals surface area contributed by atoms with Crippen LogP contribution in [0.15, 0.2) is 0 Å². The summed E-state index contributed by atoms with van der Waals surface area (Å²) in [5, 5.41) is 2.42. The van der Waals surface area contributed by atoms with Gasteiger partial charge in [-0.2, -0.15) is 0 Å². The van der Waals surface area contributed by atoms with Crippen molar-refractivity contribution in [3.05, 3.63) is 0 Å². The summed E-state index contributed by atoms with van der Waals surface area (Å²) in [6, 6.07) is -0.276. The first-order valence-electron chi connectivity index (χ1n) is 5.77. The number of nitrogens with zero attached hydrogens (tertiary/aromatic N) is 1. The van der Waals surface area contributed by atoms with Gasteiger partial charge in [-0.3, -0.25) is 10.1 Å². The van der Waals surface area contributed by atoms with Gasteiger partial charge in [0.1, 0.15) is 5.54 Å². The minimum atomic E-state index is -0.591. The van der Waals surface area contributed by atoms with Crippen LogP contribution in [0.4, 0.5) is 4.79 Å². The molecule has 1 spiro atoms. The summed E-state index contributed by atoms with van der Waals surface area (Å²) in [6.07, 6.45) is 10.4. The zero-order valence-electron chi connectivity index (χ0n) is 9.29. The average molecular weight is 220 g/mol. The molecule has 1 saturated carbocycles. The predicted octanol–water partition coefficient (Wildman–Crippen LogP) is 1.26. The largest absolute Gasteiger partial charge is 0.325 e. The molecule has 0 aromatic carbocycles. The van der Waals surface area contributed by atoms with Crippen molar-refractivity contribution >= 4 is 11.9 Å². The molecule has 2 fully saturated rings. The lowest BCUT2D eigenvalue weighted by atomic mass is 9.80. The molecule has 3 amide bonds. The van der Waals surface area contributed by atoms with Crippen LogP contribution in [0.2, 0.25) is 0 Å². The van der Waals surface area contributed by atoms with Gasteiger partial charge < -0.3 is 4.90 Å². The lowest BCUT2D eigenvalue weighted by Crippen LogP contribution is -2.51. The van der Waals surface area contributed by atoms with Gasteiger partial charge in [0.15, 0.2) is 0 Å². The second kappa shape index (κ2) is 4.17. The van der Waals surface area contributed by atoms with Crippen LogP contribution >= 0.6 is 0 Å². The fourth-order valence-electron chi connectivity index (χ4n) is 2.72. The van der Waals surface area contributed by atoms with Crippen LogP contribution < -0.4 is 5.32 Å². The minimum Gasteiger partial charge on any atom is -0.309 e. The Kier molecular flexibility index (Phi) is 2.86. The summed E-state index contributed by atoms with van der Waals surface area (Å²) in [6.45, 7) is 0.480. The average Bonchev–Trinajstić information content (AvgIpc) is 2.50. The first-order chi connectivity index (χ1) is 7.70. The molecule has 0 unspecified atom stereocenters. The van der Waals surface area contributed by atoms with Gasteiger partial charge in [-0.15, -0.1) is 12.3 Å². The summed E-state index contributed by atoms with van der Waals surface area (Å²) >= 11 is 0. The topological polar surface area (TPSA) is 49.4 Å². The maximum absolute atomic E-state index is 11.9. The van der Waals surface area contributed by atoms with Crippen LogP contribution in [0.1, 0.15) is 38.5 Å². The van der Waals surface area contributed by atoms with Gasteiger partial charge >= 0.3 is 6.03 Å². The third-order valence-corrected chi connectivity index (χ3v) is 3.57. The van der Waals surface area contributed by atoms with Crippen LogP contribution in [0.3, 0.4) is 0 Å². The van der Waals surface area contributed by atoms with E-state index in [0.717, 1.165) is 32.1 Å². The Hall–Kier alpha value is -1.50. The van der Waals surface area contributed by atoms with E-state index in [0.29, 0.717) is 13.0 Å². The van der Waals surface area contributed by atoms with Crippen molar-refractivity contribution in [1.82, 2.24) is 10.2 Å². The molecule has 1 aliphatic carbocycles. The first kappa shape index (κ1) is 11.0. The minimum absolute atomic E-state index is 0.130. The van der Waals surface area contributed by atoms with Crippen molar-refractivity contribution in [1.29, 1.82) is 0 Å². The van der Waals surface area contributed by atoms with E-state index < -0.39 is 5.54 Å². The van der Waals surface area contributed by atoms with E-state index in [4.69, 9.17) is 6.42 Å². The number of hydrogen-bond donors (Lipinski definition) is 1. The number of amides is 3. The Morgan fingerprint density at radius 1 is 1.31 bits per heavy atom. The second-order valence-electron chi connectivity index (χ2n) is 4.46. The summed E-state index contributed by atoms with van der Waals surface area (Å²) in [7, 11) is 0. The molecule has 2 rings (SSSR count). The van der Waals surface area contributed by atoms with Gasteiger partial charge in [0.05, 0.1) is 0 Å². The van der Waals surface area contributed by atoms with Crippen LogP contribution in [0.25, 0.3) is 0 Å². The molecule has 4 nitrogen and oxygen atoms in total. The third kappa shape index (κ3) is 1.57. The Labute approximate surface area is 95.4 Å². The second-order valence-corrected chi connectivity index (χ2v) is 4.46. The van der Waals surface area contributed by atoms with Crippen LogP contribution in [0, 0.1) is 12.3 Å². The van der Waals surface area contributed by atoms with E-state index in [1.54, 1.807) is 4.90 Å². The molecule has 0 radical (unpaired) electrons. The van der Waals surface area contributed by atoms with Gasteiger partial charge in [-0.25, -0.2) is 4.79 Å². The van der Waals surface area contributed by atoms with Gasteiger partial charge in [0.2, 0.25) is 0 Å². The molecule has 16 heavy (non-hydrogen) atoms. The standard InChI is InChI=1S/C12H16N2O2/c1-2-3-9-14-11(16)13-10(15)12(14)7-5-4-6-8-12/h1H,3-9H2,(H,13,15,16). The Morgan fingerprint density at radius 2 is 2.00 bits per heavy atom. The van der Waals surface area contributed by atoms with E-state index in [1.165, 1.54) is 0 Å². The number of imide groups is 1. The molecular formula is C12H16N2O2. The van der Waals surface area contributed by atoms with Crippen molar-refractivity contribution in [3.8, 4) is 12.3 Å². The zero-order chi connectivity index (χ0) is 11.6. The Morgan fingerprint density at radius 3 is 2.62 bits per heavy atom. The first-order valence-corrected chi connectivity index (χ1v) is 5.77. The van der Waals surface area contributed by atoms with E-state index in [1.807, 2.05) is 0 Å². The predicted molar refractivity (Wildman–Crippen MR) is 59.5 cm³/mol. The van der Waals surface area contributed by atoms with Crippen molar-refractivity contribution in [2.75, 3.05) is 6.54 Å². The SMILES string of the molecule is C#CCCN1C(=O)NC(=O)C12CCCCC2. The number of carbonyl (C=O) groups excluding carboxylic acids is 2. The normalized spacial score (nSPS) is 23.3. The van der Waals surface area contributed by atoms with E-state index in [2.05, 4.69) is 11.2 Å². The molecule has 4 heteroatoms. The Bertz CT molecular complexity index is 351. The van der Waals surface area contributed by atoms with Crippen molar-refractivity contribution in [2.45, 2.75) is 44.1 Å². The van der Waals surface area contributed by atoms with Crippen molar-refractivity contribution in [2.24, 2.45) is 0 Å². The molecule has 86 valence electrons. The van der Waals surface area contributed by atoms with E-state index in [9.17, 15) is 9.59 Å². The van der Waals surface area contributed by atoms with Gasteiger partial charge in [0, 0.05) is 13.0 Å². The Balaban J connectivity index is 2.21. The van der Waals surface area contributed by atoms with Gasteiger partial charge in [-0.1, -0.05) is 19.3 Å². The highest BCUT2D eigenvalue weighted by Gasteiger charge is 2.52. The van der Waals surface area contributed by atoms with Crippen LogP contribution in [0.5, 0.6) is 0 Å². The number of urea groups is 1.